The van der Waals surface area contributed by atoms with Gasteiger partial charge in [0, 0.05) is 37.1 Å². The highest BCUT2D eigenvalue weighted by atomic mass is 19.3. The molecule has 2 aliphatic rings. The molecule has 2 heterocycles. The van der Waals surface area contributed by atoms with Crippen molar-refractivity contribution in [1.82, 2.24) is 9.88 Å². The molecule has 3 N–H and O–H groups in total. The predicted octanol–water partition coefficient (Wildman–Crippen LogP) is 5.53. The molecule has 1 aliphatic carbocycles. The third-order valence-electron chi connectivity index (χ3n) is 7.22. The summed E-state index contributed by atoms with van der Waals surface area (Å²) in [5, 5.41) is 17.1. The number of carbonyl (C=O) groups excluding carboxylic acids is 2. The first-order valence-corrected chi connectivity index (χ1v) is 13.3. The molecular weight excluding hydrogens is 524 g/mol. The Kier molecular flexibility index (Phi) is 6.89. The minimum Gasteiger partial charge on any atom is -0.450 e. The number of nitrogens with one attached hydrogen (secondary N) is 2. The van der Waals surface area contributed by atoms with Gasteiger partial charge in [-0.2, -0.15) is 0 Å². The number of nitrogens with zero attached hydrogens (tertiary/aromatic N) is 1. The standard InChI is InChI=1S/C29H33F2N3O6.2H2/c1-5-38-26(37)32-15-20(35)16-34-21-8-7-19(12-17(21)13-24(34)27(2,3)4)33-25(36)28(10-11-28)18-6-9-22-23(14-18)40-29(30,31)39-22;;/h6-9,12-14,20,35H,5,10-11,15-16H2,1-4H3,(H,32,37)(H,33,36);2*1H/t20-;;/m0../s1. The van der Waals surface area contributed by atoms with Gasteiger partial charge in [-0.15, -0.1) is 8.78 Å². The monoisotopic (exact) mass is 561 g/mol. The first kappa shape index (κ1) is 27.7. The topological polar surface area (TPSA) is 111 Å². The van der Waals surface area contributed by atoms with Gasteiger partial charge in [0.05, 0.1) is 24.7 Å². The lowest BCUT2D eigenvalue weighted by Gasteiger charge is -2.24. The van der Waals surface area contributed by atoms with Crippen molar-refractivity contribution in [2.75, 3.05) is 18.5 Å². The Morgan fingerprint density at radius 3 is 2.52 bits per heavy atom. The summed E-state index contributed by atoms with van der Waals surface area (Å²) >= 11 is 0. The number of rotatable bonds is 8. The van der Waals surface area contributed by atoms with E-state index in [0.717, 1.165) is 16.6 Å². The molecule has 218 valence electrons. The molecule has 0 bridgehead atoms. The number of alkyl carbamates (subject to hydrolysis) is 1. The normalized spacial score (nSPS) is 17.4. The lowest BCUT2D eigenvalue weighted by Crippen LogP contribution is -2.35. The van der Waals surface area contributed by atoms with Crippen LogP contribution in [0.2, 0.25) is 0 Å². The van der Waals surface area contributed by atoms with E-state index < -0.39 is 23.9 Å². The van der Waals surface area contributed by atoms with Crippen LogP contribution >= 0.6 is 0 Å². The average Bonchev–Trinajstić information content (AvgIpc) is 3.51. The van der Waals surface area contributed by atoms with Crippen LogP contribution in [0.3, 0.4) is 0 Å². The fraction of sp³-hybridized carbons (Fsp3) is 0.448. The second-order valence-corrected chi connectivity index (χ2v) is 11.3. The van der Waals surface area contributed by atoms with E-state index in [1.807, 2.05) is 22.8 Å². The molecule has 5 rings (SSSR count). The van der Waals surface area contributed by atoms with E-state index in [2.05, 4.69) is 40.9 Å². The second kappa shape index (κ2) is 9.96. The van der Waals surface area contributed by atoms with Gasteiger partial charge in [-0.05, 0) is 61.7 Å². The molecule has 40 heavy (non-hydrogen) atoms. The minimum atomic E-state index is -3.72. The molecular formula is C29H37F2N3O6. The molecule has 0 unspecified atom stereocenters. The van der Waals surface area contributed by atoms with E-state index in [9.17, 15) is 23.5 Å². The molecule has 2 aromatic carbocycles. The van der Waals surface area contributed by atoms with E-state index >= 15 is 0 Å². The molecule has 1 aliphatic heterocycles. The van der Waals surface area contributed by atoms with E-state index in [4.69, 9.17) is 4.74 Å². The Labute approximate surface area is 233 Å². The maximum Gasteiger partial charge on any atom is 0.586 e. The third kappa shape index (κ3) is 5.42. The highest BCUT2D eigenvalue weighted by Gasteiger charge is 2.52. The van der Waals surface area contributed by atoms with Crippen LogP contribution in [-0.2, 0) is 26.9 Å². The van der Waals surface area contributed by atoms with Gasteiger partial charge in [0.2, 0.25) is 5.91 Å². The first-order chi connectivity index (χ1) is 18.8. The number of ether oxygens (including phenoxy) is 3. The van der Waals surface area contributed by atoms with Crippen LogP contribution < -0.4 is 20.1 Å². The first-order valence-electron chi connectivity index (χ1n) is 13.3. The number of benzene rings is 2. The third-order valence-corrected chi connectivity index (χ3v) is 7.22. The van der Waals surface area contributed by atoms with Crippen molar-refractivity contribution in [3.63, 3.8) is 0 Å². The van der Waals surface area contributed by atoms with Crippen molar-refractivity contribution in [2.45, 2.75) is 70.3 Å². The quantitative estimate of drug-likeness (QED) is 0.334. The van der Waals surface area contributed by atoms with Gasteiger partial charge in [-0.3, -0.25) is 4.79 Å². The second-order valence-electron chi connectivity index (χ2n) is 11.3. The van der Waals surface area contributed by atoms with Gasteiger partial charge >= 0.3 is 12.4 Å². The molecule has 3 aromatic rings. The number of fused-ring (bicyclic) bond motifs is 2. The van der Waals surface area contributed by atoms with Crippen molar-refractivity contribution in [1.29, 1.82) is 0 Å². The largest absolute Gasteiger partial charge is 0.586 e. The van der Waals surface area contributed by atoms with Gasteiger partial charge in [-0.1, -0.05) is 26.8 Å². The number of alkyl halides is 2. The van der Waals surface area contributed by atoms with Crippen molar-refractivity contribution < 1.29 is 40.5 Å². The SMILES string of the molecule is CCOC(=O)NC[C@H](O)Cn1c(C(C)(C)C)cc2cc(NC(=O)C3(c4ccc5c(c4)OC(F)(F)O5)CC3)ccc21.[HH].[HH]. The number of amides is 2. The fourth-order valence-electron chi connectivity index (χ4n) is 5.09. The Hall–Kier alpha value is -3.86. The number of aliphatic hydroxyl groups excluding tert-OH is 1. The van der Waals surface area contributed by atoms with E-state index in [0.29, 0.717) is 24.1 Å². The molecule has 1 atom stereocenters. The fourth-order valence-corrected chi connectivity index (χ4v) is 5.09. The number of hydrogen-bond donors (Lipinski definition) is 3. The number of aliphatic hydroxyl groups is 1. The zero-order valence-corrected chi connectivity index (χ0v) is 22.8. The van der Waals surface area contributed by atoms with E-state index in [1.54, 1.807) is 19.1 Å². The summed E-state index contributed by atoms with van der Waals surface area (Å²) in [4.78, 5) is 25.0. The number of halogens is 2. The summed E-state index contributed by atoms with van der Waals surface area (Å²) in [5.41, 5.74) is 1.97. The molecule has 1 fully saturated rings. The summed E-state index contributed by atoms with van der Waals surface area (Å²) in [6, 6.07) is 12.1. The van der Waals surface area contributed by atoms with Crippen LogP contribution in [0.5, 0.6) is 11.5 Å². The molecule has 2 amide bonds. The predicted molar refractivity (Wildman–Crippen MR) is 148 cm³/mol. The van der Waals surface area contributed by atoms with Crippen LogP contribution in [0, 0.1) is 0 Å². The van der Waals surface area contributed by atoms with E-state index in [-0.39, 0.29) is 45.4 Å². The Bertz CT molecular complexity index is 1470. The van der Waals surface area contributed by atoms with Gasteiger partial charge in [0.1, 0.15) is 0 Å². The smallest absolute Gasteiger partial charge is 0.450 e. The van der Waals surface area contributed by atoms with Crippen LogP contribution in [0.15, 0.2) is 42.5 Å². The highest BCUT2D eigenvalue weighted by molar-refractivity contribution is 6.02. The highest BCUT2D eigenvalue weighted by Crippen LogP contribution is 2.52. The number of carbonyl (C=O) groups is 2. The maximum atomic E-state index is 13.5. The molecule has 0 spiro atoms. The lowest BCUT2D eigenvalue weighted by atomic mass is 9.92. The van der Waals surface area contributed by atoms with E-state index in [1.165, 1.54) is 12.1 Å². The molecule has 0 radical (unpaired) electrons. The zero-order valence-electron chi connectivity index (χ0n) is 22.8. The van der Waals surface area contributed by atoms with Crippen LogP contribution in [-0.4, -0.2) is 47.2 Å². The number of aromatic nitrogens is 1. The molecule has 1 aromatic heterocycles. The summed E-state index contributed by atoms with van der Waals surface area (Å²) in [6.45, 7) is 8.45. The maximum absolute atomic E-state index is 13.5. The Morgan fingerprint density at radius 2 is 1.85 bits per heavy atom. The average molecular weight is 562 g/mol. The van der Waals surface area contributed by atoms with Gasteiger partial charge in [0.25, 0.3) is 0 Å². The zero-order chi connectivity index (χ0) is 28.9. The van der Waals surface area contributed by atoms with Crippen molar-refractivity contribution in [3.8, 4) is 11.5 Å². The van der Waals surface area contributed by atoms with Gasteiger partial charge < -0.3 is 34.5 Å². The van der Waals surface area contributed by atoms with Crippen LogP contribution in [0.25, 0.3) is 10.9 Å². The van der Waals surface area contributed by atoms with Crippen molar-refractivity contribution >= 4 is 28.6 Å². The molecule has 9 nitrogen and oxygen atoms in total. The van der Waals surface area contributed by atoms with Crippen LogP contribution in [0.1, 0.15) is 54.6 Å². The summed E-state index contributed by atoms with van der Waals surface area (Å²) < 4.78 is 42.9. The Balaban J connectivity index is 0.00000242. The Morgan fingerprint density at radius 1 is 1.12 bits per heavy atom. The van der Waals surface area contributed by atoms with Crippen molar-refractivity contribution in [2.24, 2.45) is 0 Å². The molecule has 1 saturated carbocycles. The summed E-state index contributed by atoms with van der Waals surface area (Å²) in [7, 11) is 0. The van der Waals surface area contributed by atoms with Gasteiger partial charge in [-0.25, -0.2) is 4.79 Å². The van der Waals surface area contributed by atoms with Crippen molar-refractivity contribution in [3.05, 3.63) is 53.7 Å². The van der Waals surface area contributed by atoms with Crippen LogP contribution in [0.4, 0.5) is 19.3 Å². The molecule has 11 heteroatoms. The summed E-state index contributed by atoms with van der Waals surface area (Å²) in [5.74, 6) is -0.372. The lowest BCUT2D eigenvalue weighted by molar-refractivity contribution is -0.286. The van der Waals surface area contributed by atoms with Gasteiger partial charge in [0.15, 0.2) is 11.5 Å². The number of hydrogen-bond acceptors (Lipinski definition) is 6. The summed E-state index contributed by atoms with van der Waals surface area (Å²) in [6.07, 6.45) is -3.98. The number of anilines is 1. The molecule has 0 saturated heterocycles. The minimum absolute atomic E-state index is 0.